The fourth-order valence-electron chi connectivity index (χ4n) is 1.72. The molecule has 132 valence electrons. The molecule has 1 aromatic heterocycles. The van der Waals surface area contributed by atoms with E-state index in [0.717, 1.165) is 18.9 Å². The number of nitrogens with zero attached hydrogens (tertiary/aromatic N) is 2. The molecule has 0 aliphatic carbocycles. The quantitative estimate of drug-likeness (QED) is 0.607. The van der Waals surface area contributed by atoms with Gasteiger partial charge in [-0.25, -0.2) is 0 Å². The van der Waals surface area contributed by atoms with Crippen molar-refractivity contribution in [2.75, 3.05) is 20.1 Å². The number of hydrogen-bond donors (Lipinski definition) is 2. The van der Waals surface area contributed by atoms with Gasteiger partial charge in [-0.05, 0) is 30.0 Å². The molecule has 0 aromatic carbocycles. The lowest BCUT2D eigenvalue weighted by atomic mass is 10.2. The van der Waals surface area contributed by atoms with Crippen LogP contribution in [0.4, 0.5) is 0 Å². The largest absolute Gasteiger partial charge is 0.547 e. The number of rotatable bonds is 5. The summed E-state index contributed by atoms with van der Waals surface area (Å²) in [6, 6.07) is 4.18. The topological polar surface area (TPSA) is 136 Å². The number of carbonyl (C=O) groups is 2. The average Bonchev–Trinajstić information content (AvgIpc) is 3.06. The number of aliphatic carboxylic acids is 2. The summed E-state index contributed by atoms with van der Waals surface area (Å²) in [4.78, 5) is 27.2. The SMILES string of the molecule is CN1CCCN=C1/C=C/c1cccs1.O=C([O-])C(O)C(O)C(=O)[O-]. The molecule has 1 aliphatic heterocycles. The zero-order valence-corrected chi connectivity index (χ0v) is 13.8. The second-order valence-corrected chi connectivity index (χ2v) is 5.87. The standard InChI is InChI=1S/C11H14N2S.C4H6O6/c1-13-8-3-7-12-11(13)6-5-10-4-2-9-14-10;5-1(3(7)8)2(6)4(9)10/h2,4-6,9H,3,7-8H2,1H3;1-2,5-6H,(H,7,8)(H,9,10)/p-2/b6-5+;. The zero-order chi connectivity index (χ0) is 18.1. The third-order valence-corrected chi connectivity index (χ3v) is 3.88. The predicted octanol–water partition coefficient (Wildman–Crippen LogP) is -2.30. The lowest BCUT2D eigenvalue weighted by molar-refractivity contribution is -0.333. The van der Waals surface area contributed by atoms with Crippen molar-refractivity contribution < 1.29 is 30.0 Å². The molecule has 0 saturated carbocycles. The van der Waals surface area contributed by atoms with Crippen molar-refractivity contribution in [2.24, 2.45) is 4.99 Å². The van der Waals surface area contributed by atoms with Crippen LogP contribution in [0.5, 0.6) is 0 Å². The van der Waals surface area contributed by atoms with Crippen LogP contribution in [0.15, 0.2) is 28.6 Å². The zero-order valence-electron chi connectivity index (χ0n) is 13.0. The van der Waals surface area contributed by atoms with Crippen LogP contribution in [0.3, 0.4) is 0 Å². The lowest BCUT2D eigenvalue weighted by Gasteiger charge is -2.22. The Balaban J connectivity index is 0.000000257. The molecular formula is C15H18N2O6S-2. The van der Waals surface area contributed by atoms with E-state index in [1.54, 1.807) is 11.3 Å². The van der Waals surface area contributed by atoms with Crippen LogP contribution in [-0.4, -0.2) is 65.2 Å². The third kappa shape index (κ3) is 6.49. The molecule has 24 heavy (non-hydrogen) atoms. The van der Waals surface area contributed by atoms with E-state index < -0.39 is 24.1 Å². The van der Waals surface area contributed by atoms with Gasteiger partial charge >= 0.3 is 0 Å². The van der Waals surface area contributed by atoms with Crippen molar-refractivity contribution >= 4 is 35.2 Å². The van der Waals surface area contributed by atoms with E-state index in [4.69, 9.17) is 10.2 Å². The van der Waals surface area contributed by atoms with Gasteiger partial charge in [0, 0.05) is 25.0 Å². The van der Waals surface area contributed by atoms with Crippen molar-refractivity contribution in [2.45, 2.75) is 18.6 Å². The van der Waals surface area contributed by atoms with Gasteiger partial charge in [-0.3, -0.25) is 4.99 Å². The van der Waals surface area contributed by atoms with Crippen LogP contribution in [0.25, 0.3) is 6.08 Å². The van der Waals surface area contributed by atoms with Gasteiger partial charge in [0.25, 0.3) is 0 Å². The highest BCUT2D eigenvalue weighted by atomic mass is 32.1. The Morgan fingerprint density at radius 3 is 2.38 bits per heavy atom. The molecule has 0 bridgehead atoms. The molecule has 9 heteroatoms. The maximum atomic E-state index is 9.63. The van der Waals surface area contributed by atoms with E-state index in [0.29, 0.717) is 0 Å². The predicted molar refractivity (Wildman–Crippen MR) is 84.9 cm³/mol. The summed E-state index contributed by atoms with van der Waals surface area (Å²) in [7, 11) is 2.09. The van der Waals surface area contributed by atoms with E-state index >= 15 is 0 Å². The summed E-state index contributed by atoms with van der Waals surface area (Å²) in [5, 5.41) is 37.8. The lowest BCUT2D eigenvalue weighted by Crippen LogP contribution is -2.51. The Morgan fingerprint density at radius 2 is 1.92 bits per heavy atom. The number of carboxylic acids is 2. The molecule has 2 unspecified atom stereocenters. The Labute approximate surface area is 143 Å². The van der Waals surface area contributed by atoms with Gasteiger partial charge in [-0.1, -0.05) is 6.07 Å². The van der Waals surface area contributed by atoms with Crippen LogP contribution in [0, 0.1) is 0 Å². The van der Waals surface area contributed by atoms with Crippen LogP contribution < -0.4 is 10.2 Å². The van der Waals surface area contributed by atoms with E-state index in [1.165, 1.54) is 11.3 Å². The molecule has 0 saturated heterocycles. The highest BCUT2D eigenvalue weighted by Crippen LogP contribution is 2.11. The Morgan fingerprint density at radius 1 is 1.29 bits per heavy atom. The smallest absolute Gasteiger partial charge is 0.124 e. The van der Waals surface area contributed by atoms with Crippen LogP contribution in [-0.2, 0) is 9.59 Å². The molecule has 1 aliphatic rings. The second kappa shape index (κ2) is 9.81. The number of carboxylic acid groups (broad SMARTS) is 2. The first-order chi connectivity index (χ1) is 11.3. The highest BCUT2D eigenvalue weighted by molar-refractivity contribution is 7.10. The number of aliphatic hydroxyl groups excluding tert-OH is 2. The van der Waals surface area contributed by atoms with Gasteiger partial charge in [0.15, 0.2) is 0 Å². The van der Waals surface area contributed by atoms with Crippen molar-refractivity contribution in [3.8, 4) is 0 Å². The number of hydrogen-bond acceptors (Lipinski definition) is 9. The van der Waals surface area contributed by atoms with Crippen molar-refractivity contribution in [1.29, 1.82) is 0 Å². The minimum Gasteiger partial charge on any atom is -0.547 e. The van der Waals surface area contributed by atoms with Gasteiger partial charge in [0.2, 0.25) is 0 Å². The normalized spacial score (nSPS) is 16.8. The summed E-state index contributed by atoms with van der Waals surface area (Å²) >= 11 is 1.75. The van der Waals surface area contributed by atoms with Crippen molar-refractivity contribution in [3.05, 3.63) is 28.5 Å². The van der Waals surface area contributed by atoms with Crippen LogP contribution in [0.1, 0.15) is 11.3 Å². The molecule has 2 N–H and O–H groups in total. The summed E-state index contributed by atoms with van der Waals surface area (Å²) in [5.74, 6) is -3.02. The van der Waals surface area contributed by atoms with E-state index in [9.17, 15) is 19.8 Å². The number of likely N-dealkylation sites (N-methyl/N-ethyl adjacent to an activating group) is 1. The molecule has 0 fully saturated rings. The van der Waals surface area contributed by atoms with Gasteiger partial charge in [0.05, 0.1) is 11.9 Å². The fourth-order valence-corrected chi connectivity index (χ4v) is 2.34. The summed E-state index contributed by atoms with van der Waals surface area (Å²) in [6.45, 7) is 2.09. The second-order valence-electron chi connectivity index (χ2n) is 4.89. The Bertz CT molecular complexity index is 581. The molecule has 0 spiro atoms. The molecular weight excluding hydrogens is 336 g/mol. The van der Waals surface area contributed by atoms with E-state index in [1.807, 2.05) is 0 Å². The highest BCUT2D eigenvalue weighted by Gasteiger charge is 2.17. The molecule has 8 nitrogen and oxygen atoms in total. The van der Waals surface area contributed by atoms with Gasteiger partial charge in [-0.2, -0.15) is 0 Å². The van der Waals surface area contributed by atoms with Crippen molar-refractivity contribution in [1.82, 2.24) is 4.90 Å². The number of thiophene rings is 1. The van der Waals surface area contributed by atoms with Crippen LogP contribution >= 0.6 is 11.3 Å². The first kappa shape index (κ1) is 19.8. The molecule has 2 atom stereocenters. The number of aliphatic imine (C=N–C) groups is 1. The molecule has 1 aromatic rings. The maximum Gasteiger partial charge on any atom is 0.124 e. The number of carbonyl (C=O) groups excluding carboxylic acids is 2. The number of amidine groups is 1. The first-order valence-electron chi connectivity index (χ1n) is 7.08. The van der Waals surface area contributed by atoms with E-state index in [-0.39, 0.29) is 0 Å². The minimum absolute atomic E-state index is 0.967. The Kier molecular flexibility index (Phi) is 8.10. The molecule has 2 rings (SSSR count). The van der Waals surface area contributed by atoms with Gasteiger partial charge in [0.1, 0.15) is 18.0 Å². The fraction of sp³-hybridized carbons (Fsp3) is 0.400. The van der Waals surface area contributed by atoms with E-state index in [2.05, 4.69) is 46.6 Å². The number of aliphatic hydroxyl groups is 2. The monoisotopic (exact) mass is 354 g/mol. The summed E-state index contributed by atoms with van der Waals surface area (Å²) in [5.41, 5.74) is 0. The molecule has 0 radical (unpaired) electrons. The summed E-state index contributed by atoms with van der Waals surface area (Å²) in [6.07, 6.45) is 0.526. The maximum absolute atomic E-state index is 9.63. The summed E-state index contributed by atoms with van der Waals surface area (Å²) < 4.78 is 0. The van der Waals surface area contributed by atoms with Crippen molar-refractivity contribution in [3.63, 3.8) is 0 Å². The van der Waals surface area contributed by atoms with Gasteiger partial charge < -0.3 is 34.9 Å². The average molecular weight is 354 g/mol. The first-order valence-corrected chi connectivity index (χ1v) is 7.96. The third-order valence-electron chi connectivity index (χ3n) is 3.04. The molecule has 2 heterocycles. The molecule has 0 amide bonds. The Hall–Kier alpha value is -2.23. The van der Waals surface area contributed by atoms with Gasteiger partial charge in [-0.15, -0.1) is 11.3 Å². The van der Waals surface area contributed by atoms with Crippen LogP contribution in [0.2, 0.25) is 0 Å². The minimum atomic E-state index is -2.44.